The van der Waals surface area contributed by atoms with Crippen LogP contribution in [0.1, 0.15) is 60.8 Å². The van der Waals surface area contributed by atoms with Crippen LogP contribution in [0, 0.1) is 0 Å². The Morgan fingerprint density at radius 2 is 1.59 bits per heavy atom. The lowest BCUT2D eigenvalue weighted by atomic mass is 9.95. The van der Waals surface area contributed by atoms with Crippen LogP contribution in [0.5, 0.6) is 6.01 Å². The molecule has 4 rings (SSSR count). The van der Waals surface area contributed by atoms with Crippen LogP contribution in [0.3, 0.4) is 0 Å². The number of rotatable bonds is 8. The number of methoxy groups -OCH3 is 1. The number of hydrogen-bond donors (Lipinski definition) is 2. The molecule has 1 atom stereocenters. The number of carbonyl (C=O) groups excluding carboxylic acids is 2. The summed E-state index contributed by atoms with van der Waals surface area (Å²) in [5.74, 6) is -0.340. The fourth-order valence-electron chi connectivity index (χ4n) is 4.26. The quantitative estimate of drug-likeness (QED) is 0.228. The van der Waals surface area contributed by atoms with E-state index in [-0.39, 0.29) is 18.5 Å². The third-order valence-electron chi connectivity index (χ3n) is 6.46. The molecule has 2 aromatic heterocycles. The highest BCUT2D eigenvalue weighted by Gasteiger charge is 2.31. The summed E-state index contributed by atoms with van der Waals surface area (Å²) in [6, 6.07) is 13.2. The topological polar surface area (TPSA) is 115 Å². The molecule has 0 fully saturated rings. The molecule has 2 heterocycles. The van der Waals surface area contributed by atoms with E-state index in [1.807, 2.05) is 0 Å². The lowest BCUT2D eigenvalue weighted by molar-refractivity contribution is -0.137. The largest absolute Gasteiger partial charge is 0.467 e. The molecule has 0 bridgehead atoms. The van der Waals surface area contributed by atoms with Gasteiger partial charge in [0.1, 0.15) is 5.60 Å². The summed E-state index contributed by atoms with van der Waals surface area (Å²) in [5.41, 5.74) is 2.01. The first-order valence-electron chi connectivity index (χ1n) is 13.6. The second-order valence-electron chi connectivity index (χ2n) is 10.9. The first-order chi connectivity index (χ1) is 20.7. The van der Waals surface area contributed by atoms with E-state index in [9.17, 15) is 22.8 Å². The monoisotopic (exact) mass is 607 g/mol. The van der Waals surface area contributed by atoms with E-state index in [4.69, 9.17) is 9.47 Å². The smallest absolute Gasteiger partial charge is 0.416 e. The van der Waals surface area contributed by atoms with Gasteiger partial charge in [0, 0.05) is 36.3 Å². The molecule has 0 aliphatic heterocycles. The summed E-state index contributed by atoms with van der Waals surface area (Å²) >= 11 is 0. The van der Waals surface area contributed by atoms with Crippen LogP contribution >= 0.6 is 0 Å². The van der Waals surface area contributed by atoms with Gasteiger partial charge in [-0.3, -0.25) is 9.78 Å². The minimum absolute atomic E-state index is 0.0346. The van der Waals surface area contributed by atoms with Crippen LogP contribution < -0.4 is 15.4 Å². The van der Waals surface area contributed by atoms with E-state index in [0.29, 0.717) is 33.5 Å². The molecule has 0 aliphatic rings. The van der Waals surface area contributed by atoms with Crippen LogP contribution in [0.25, 0.3) is 22.4 Å². The van der Waals surface area contributed by atoms with Gasteiger partial charge in [0.2, 0.25) is 0 Å². The summed E-state index contributed by atoms with van der Waals surface area (Å²) in [6.07, 6.45) is -0.620. The highest BCUT2D eigenvalue weighted by Crippen LogP contribution is 2.34. The predicted molar refractivity (Wildman–Crippen MR) is 158 cm³/mol. The molecular weight excluding hydrogens is 575 g/mol. The molecule has 44 heavy (non-hydrogen) atoms. The number of pyridine rings is 1. The summed E-state index contributed by atoms with van der Waals surface area (Å²) < 4.78 is 50.9. The standard InChI is InChI=1S/C32H32F3N5O4/c1-19(40-28(41)22-12-13-36-27(14-22)24-17-37-29(43-5)38-18-24)20-6-8-21(9-7-20)26-15-25(32(33,34)35)11-10-23(26)16-39-30(42)44-31(2,3)4/h6-15,17-19H,16H2,1-5H3,(H,39,42)(H,40,41)/t19-/m1/s1. The molecule has 230 valence electrons. The van der Waals surface area contributed by atoms with Gasteiger partial charge in [0.05, 0.1) is 24.4 Å². The van der Waals surface area contributed by atoms with Crippen molar-refractivity contribution >= 4 is 12.0 Å². The molecule has 0 spiro atoms. The lowest BCUT2D eigenvalue weighted by Gasteiger charge is -2.20. The van der Waals surface area contributed by atoms with E-state index in [0.717, 1.165) is 17.7 Å². The number of aromatic nitrogens is 3. The molecule has 2 amide bonds. The summed E-state index contributed by atoms with van der Waals surface area (Å²) in [4.78, 5) is 37.6. The Kier molecular flexibility index (Phi) is 9.51. The van der Waals surface area contributed by atoms with E-state index in [1.54, 1.807) is 76.5 Å². The third kappa shape index (κ3) is 8.30. The molecule has 12 heteroatoms. The number of ether oxygens (including phenoxy) is 2. The fraction of sp³-hybridized carbons (Fsp3) is 0.281. The van der Waals surface area contributed by atoms with Gasteiger partial charge >= 0.3 is 18.3 Å². The van der Waals surface area contributed by atoms with Crippen molar-refractivity contribution in [1.29, 1.82) is 0 Å². The van der Waals surface area contributed by atoms with Crippen molar-refractivity contribution in [2.24, 2.45) is 0 Å². The number of hydrogen-bond acceptors (Lipinski definition) is 7. The highest BCUT2D eigenvalue weighted by molar-refractivity contribution is 5.95. The highest BCUT2D eigenvalue weighted by atomic mass is 19.4. The van der Waals surface area contributed by atoms with Crippen molar-refractivity contribution in [3.8, 4) is 28.4 Å². The maximum atomic E-state index is 13.6. The van der Waals surface area contributed by atoms with Gasteiger partial charge in [0.25, 0.3) is 5.91 Å². The van der Waals surface area contributed by atoms with Gasteiger partial charge in [-0.15, -0.1) is 0 Å². The van der Waals surface area contributed by atoms with E-state index >= 15 is 0 Å². The van der Waals surface area contributed by atoms with Gasteiger partial charge < -0.3 is 20.1 Å². The number of halogens is 3. The van der Waals surface area contributed by atoms with Crippen molar-refractivity contribution in [2.45, 2.75) is 52.1 Å². The van der Waals surface area contributed by atoms with Crippen molar-refractivity contribution in [3.63, 3.8) is 0 Å². The van der Waals surface area contributed by atoms with Gasteiger partial charge in [-0.05, 0) is 74.2 Å². The maximum absolute atomic E-state index is 13.6. The van der Waals surface area contributed by atoms with Crippen molar-refractivity contribution in [1.82, 2.24) is 25.6 Å². The number of alkyl carbamates (subject to hydrolysis) is 1. The Hall–Kier alpha value is -5.00. The van der Waals surface area contributed by atoms with Gasteiger partial charge in [-0.25, -0.2) is 14.8 Å². The molecule has 9 nitrogen and oxygen atoms in total. The van der Waals surface area contributed by atoms with Crippen molar-refractivity contribution < 1.29 is 32.2 Å². The van der Waals surface area contributed by atoms with Crippen LogP contribution in [0.2, 0.25) is 0 Å². The van der Waals surface area contributed by atoms with Gasteiger partial charge in [-0.2, -0.15) is 13.2 Å². The molecule has 2 aromatic carbocycles. The molecule has 0 aliphatic carbocycles. The van der Waals surface area contributed by atoms with Crippen LogP contribution in [0.15, 0.2) is 73.2 Å². The Bertz CT molecular complexity index is 1620. The molecule has 0 saturated carbocycles. The molecule has 4 aromatic rings. The number of alkyl halides is 3. The maximum Gasteiger partial charge on any atom is 0.416 e. The first-order valence-corrected chi connectivity index (χ1v) is 13.6. The Labute approximate surface area is 252 Å². The second kappa shape index (κ2) is 13.1. The number of amides is 2. The zero-order valence-corrected chi connectivity index (χ0v) is 24.8. The fourth-order valence-corrected chi connectivity index (χ4v) is 4.26. The molecule has 0 saturated heterocycles. The molecule has 2 N–H and O–H groups in total. The van der Waals surface area contributed by atoms with E-state index in [1.165, 1.54) is 19.4 Å². The Balaban J connectivity index is 1.51. The Morgan fingerprint density at radius 3 is 2.20 bits per heavy atom. The lowest BCUT2D eigenvalue weighted by Crippen LogP contribution is -2.32. The molecule has 0 unspecified atom stereocenters. The Morgan fingerprint density at radius 1 is 0.909 bits per heavy atom. The second-order valence-corrected chi connectivity index (χ2v) is 10.9. The number of nitrogens with one attached hydrogen (secondary N) is 2. The normalized spacial score (nSPS) is 12.3. The van der Waals surface area contributed by atoms with Gasteiger partial charge in [-0.1, -0.05) is 30.3 Å². The zero-order valence-electron chi connectivity index (χ0n) is 24.8. The minimum Gasteiger partial charge on any atom is -0.467 e. The van der Waals surface area contributed by atoms with Crippen LogP contribution in [0.4, 0.5) is 18.0 Å². The predicted octanol–water partition coefficient (Wildman–Crippen LogP) is 6.75. The zero-order chi connectivity index (χ0) is 32.1. The van der Waals surface area contributed by atoms with Crippen molar-refractivity contribution in [3.05, 3.63) is 95.4 Å². The van der Waals surface area contributed by atoms with Crippen LogP contribution in [-0.2, 0) is 17.5 Å². The molecule has 0 radical (unpaired) electrons. The van der Waals surface area contributed by atoms with Gasteiger partial charge in [0.15, 0.2) is 0 Å². The average molecular weight is 608 g/mol. The number of nitrogens with zero attached hydrogens (tertiary/aromatic N) is 3. The number of benzene rings is 2. The van der Waals surface area contributed by atoms with Crippen LogP contribution in [-0.4, -0.2) is 39.7 Å². The summed E-state index contributed by atoms with van der Waals surface area (Å²) in [7, 11) is 1.46. The number of carbonyl (C=O) groups is 2. The first kappa shape index (κ1) is 31.9. The third-order valence-corrected chi connectivity index (χ3v) is 6.46. The molecular formula is C32H32F3N5O4. The average Bonchev–Trinajstić information content (AvgIpc) is 2.99. The van der Waals surface area contributed by atoms with E-state index < -0.39 is 29.5 Å². The van der Waals surface area contributed by atoms with E-state index in [2.05, 4.69) is 25.6 Å². The SMILES string of the molecule is COc1ncc(-c2cc(C(=O)N[C@H](C)c3ccc(-c4cc(C(F)(F)F)ccc4CNC(=O)OC(C)(C)C)cc3)ccn2)cn1. The summed E-state index contributed by atoms with van der Waals surface area (Å²) in [6.45, 7) is 6.91. The van der Waals surface area contributed by atoms with Crippen molar-refractivity contribution in [2.75, 3.05) is 7.11 Å². The minimum atomic E-state index is -4.54. The summed E-state index contributed by atoms with van der Waals surface area (Å²) in [5, 5.41) is 5.54.